The van der Waals surface area contributed by atoms with E-state index in [0.29, 0.717) is 13.0 Å². The molecule has 0 fully saturated rings. The Hall–Kier alpha value is -2.50. The zero-order valence-electron chi connectivity index (χ0n) is 11.4. The molecule has 21 heavy (non-hydrogen) atoms. The quantitative estimate of drug-likeness (QED) is 0.673. The number of halogens is 2. The first-order chi connectivity index (χ1) is 9.97. The molecule has 0 amide bonds. The fraction of sp³-hybridized carbons (Fsp3) is 0.200. The molecule has 0 saturated heterocycles. The summed E-state index contributed by atoms with van der Waals surface area (Å²) in [6.07, 6.45) is 0.555. The molecule has 0 heterocycles. The fourth-order valence-electron chi connectivity index (χ4n) is 2.08. The van der Waals surface area contributed by atoms with Crippen LogP contribution in [-0.4, -0.2) is 11.5 Å². The maximum absolute atomic E-state index is 13.2. The number of rotatable bonds is 5. The van der Waals surface area contributed by atoms with Gasteiger partial charge in [-0.3, -0.25) is 10.1 Å². The molecule has 2 aromatic rings. The molecule has 0 aliphatic heterocycles. The second-order valence-corrected chi connectivity index (χ2v) is 4.67. The van der Waals surface area contributed by atoms with Gasteiger partial charge in [0.2, 0.25) is 0 Å². The summed E-state index contributed by atoms with van der Waals surface area (Å²) in [6.45, 7) is 2.18. The molecule has 6 heteroatoms. The first-order valence-corrected chi connectivity index (χ1v) is 6.40. The number of nitrogens with one attached hydrogen (secondary N) is 1. The van der Waals surface area contributed by atoms with Crippen molar-refractivity contribution in [2.45, 2.75) is 13.3 Å². The topological polar surface area (TPSA) is 55.2 Å². The van der Waals surface area contributed by atoms with E-state index >= 15 is 0 Å². The summed E-state index contributed by atoms with van der Waals surface area (Å²) in [7, 11) is 0. The van der Waals surface area contributed by atoms with E-state index in [2.05, 4.69) is 5.32 Å². The Morgan fingerprint density at radius 1 is 1.14 bits per heavy atom. The lowest BCUT2D eigenvalue weighted by molar-refractivity contribution is -0.384. The Bertz CT molecular complexity index is 675. The van der Waals surface area contributed by atoms with Gasteiger partial charge in [0.15, 0.2) is 0 Å². The number of hydrogen-bond donors (Lipinski definition) is 1. The molecule has 110 valence electrons. The third-order valence-corrected chi connectivity index (χ3v) is 3.17. The SMILES string of the molecule is Cc1cc(F)ccc1CCNc1cc(F)ccc1[N+](=O)[O-]. The van der Waals surface area contributed by atoms with Gasteiger partial charge in [-0.15, -0.1) is 0 Å². The number of hydrogen-bond acceptors (Lipinski definition) is 3. The molecule has 0 bridgehead atoms. The lowest BCUT2D eigenvalue weighted by Crippen LogP contribution is -2.08. The molecule has 4 nitrogen and oxygen atoms in total. The lowest BCUT2D eigenvalue weighted by atomic mass is 10.1. The molecule has 0 atom stereocenters. The van der Waals surface area contributed by atoms with Crippen molar-refractivity contribution in [1.82, 2.24) is 0 Å². The minimum atomic E-state index is -0.565. The second kappa shape index (κ2) is 6.30. The zero-order valence-corrected chi connectivity index (χ0v) is 11.4. The standard InChI is InChI=1S/C15H14F2N2O2/c1-10-8-12(16)3-2-11(10)6-7-18-14-9-13(17)4-5-15(14)19(20)21/h2-5,8-9,18H,6-7H2,1H3. The fourth-order valence-corrected chi connectivity index (χ4v) is 2.08. The van der Waals surface area contributed by atoms with Crippen molar-refractivity contribution in [1.29, 1.82) is 0 Å². The summed E-state index contributed by atoms with van der Waals surface area (Å²) in [5.41, 5.74) is 1.71. The minimum Gasteiger partial charge on any atom is -0.379 e. The summed E-state index contributed by atoms with van der Waals surface area (Å²) < 4.78 is 26.2. The van der Waals surface area contributed by atoms with Crippen LogP contribution in [0.15, 0.2) is 36.4 Å². The third kappa shape index (κ3) is 3.75. The van der Waals surface area contributed by atoms with Crippen molar-refractivity contribution in [3.8, 4) is 0 Å². The number of anilines is 1. The monoisotopic (exact) mass is 292 g/mol. The van der Waals surface area contributed by atoms with Crippen molar-refractivity contribution in [2.75, 3.05) is 11.9 Å². The molecule has 0 aromatic heterocycles. The Morgan fingerprint density at radius 2 is 1.81 bits per heavy atom. The van der Waals surface area contributed by atoms with Crippen LogP contribution in [0.4, 0.5) is 20.2 Å². The van der Waals surface area contributed by atoms with Gasteiger partial charge in [0, 0.05) is 18.7 Å². The molecular formula is C15H14F2N2O2. The molecular weight excluding hydrogens is 278 g/mol. The van der Waals surface area contributed by atoms with Crippen molar-refractivity contribution < 1.29 is 13.7 Å². The molecule has 2 aromatic carbocycles. The van der Waals surface area contributed by atoms with Crippen LogP contribution in [0.2, 0.25) is 0 Å². The van der Waals surface area contributed by atoms with Crippen LogP contribution in [0.1, 0.15) is 11.1 Å². The molecule has 0 aliphatic carbocycles. The van der Waals surface area contributed by atoms with E-state index in [9.17, 15) is 18.9 Å². The van der Waals surface area contributed by atoms with Gasteiger partial charge >= 0.3 is 0 Å². The summed E-state index contributed by atoms with van der Waals surface area (Å²) in [4.78, 5) is 10.3. The van der Waals surface area contributed by atoms with Crippen molar-refractivity contribution in [3.05, 3.63) is 69.3 Å². The van der Waals surface area contributed by atoms with Gasteiger partial charge in [0.05, 0.1) is 4.92 Å². The van der Waals surface area contributed by atoms with Gasteiger partial charge in [0.1, 0.15) is 17.3 Å². The van der Waals surface area contributed by atoms with Crippen molar-refractivity contribution in [2.24, 2.45) is 0 Å². The maximum atomic E-state index is 13.2. The minimum absolute atomic E-state index is 0.139. The first kappa shape index (κ1) is 14.9. The van der Waals surface area contributed by atoms with E-state index in [1.807, 2.05) is 0 Å². The molecule has 0 unspecified atom stereocenters. The number of benzene rings is 2. The molecule has 1 N–H and O–H groups in total. The Morgan fingerprint density at radius 3 is 2.48 bits per heavy atom. The highest BCUT2D eigenvalue weighted by atomic mass is 19.1. The lowest BCUT2D eigenvalue weighted by Gasteiger charge is -2.09. The first-order valence-electron chi connectivity index (χ1n) is 6.40. The van der Waals surface area contributed by atoms with E-state index in [1.165, 1.54) is 12.1 Å². The van der Waals surface area contributed by atoms with Crippen LogP contribution < -0.4 is 5.32 Å². The largest absolute Gasteiger partial charge is 0.379 e. The van der Waals surface area contributed by atoms with Crippen LogP contribution in [0.3, 0.4) is 0 Å². The van der Waals surface area contributed by atoms with Gasteiger partial charge in [0.25, 0.3) is 5.69 Å². The highest BCUT2D eigenvalue weighted by Crippen LogP contribution is 2.25. The summed E-state index contributed by atoms with van der Waals surface area (Å²) >= 11 is 0. The second-order valence-electron chi connectivity index (χ2n) is 4.67. The maximum Gasteiger partial charge on any atom is 0.292 e. The molecule has 0 aliphatic rings. The normalized spacial score (nSPS) is 10.4. The van der Waals surface area contributed by atoms with Gasteiger partial charge in [-0.2, -0.15) is 0 Å². The van der Waals surface area contributed by atoms with Crippen LogP contribution in [-0.2, 0) is 6.42 Å². The van der Waals surface area contributed by atoms with Gasteiger partial charge in [-0.25, -0.2) is 8.78 Å². The van der Waals surface area contributed by atoms with E-state index in [4.69, 9.17) is 0 Å². The summed E-state index contributed by atoms with van der Waals surface area (Å²) in [6, 6.07) is 7.74. The number of nitrogens with zero attached hydrogens (tertiary/aromatic N) is 1. The number of aryl methyl sites for hydroxylation is 1. The summed E-state index contributed by atoms with van der Waals surface area (Å²) in [5, 5.41) is 13.7. The van der Waals surface area contributed by atoms with Crippen molar-refractivity contribution >= 4 is 11.4 Å². The van der Waals surface area contributed by atoms with Crippen molar-refractivity contribution in [3.63, 3.8) is 0 Å². The highest BCUT2D eigenvalue weighted by Gasteiger charge is 2.13. The van der Waals surface area contributed by atoms with Crippen LogP contribution in [0.5, 0.6) is 0 Å². The number of nitro benzene ring substituents is 1. The predicted molar refractivity (Wildman–Crippen MR) is 76.4 cm³/mol. The zero-order chi connectivity index (χ0) is 15.4. The van der Waals surface area contributed by atoms with Crippen LogP contribution in [0, 0.1) is 28.7 Å². The highest BCUT2D eigenvalue weighted by molar-refractivity contribution is 5.61. The van der Waals surface area contributed by atoms with E-state index in [0.717, 1.165) is 29.3 Å². The average molecular weight is 292 g/mol. The number of nitro groups is 1. The molecule has 2 rings (SSSR count). The van der Waals surface area contributed by atoms with Gasteiger partial charge in [-0.05, 0) is 42.7 Å². The summed E-state index contributed by atoms with van der Waals surface area (Å²) in [5.74, 6) is -0.842. The Labute approximate surface area is 120 Å². The van der Waals surface area contributed by atoms with Crippen LogP contribution in [0.25, 0.3) is 0 Å². The van der Waals surface area contributed by atoms with Crippen LogP contribution >= 0.6 is 0 Å². The Kier molecular flexibility index (Phi) is 4.47. The van der Waals surface area contributed by atoms with E-state index in [1.54, 1.807) is 13.0 Å². The average Bonchev–Trinajstić information content (AvgIpc) is 2.41. The molecule has 0 saturated carbocycles. The Balaban J connectivity index is 2.06. The third-order valence-electron chi connectivity index (χ3n) is 3.17. The smallest absolute Gasteiger partial charge is 0.292 e. The molecule has 0 radical (unpaired) electrons. The predicted octanol–water partition coefficient (Wildman–Crippen LogP) is 3.84. The van der Waals surface area contributed by atoms with E-state index in [-0.39, 0.29) is 17.2 Å². The van der Waals surface area contributed by atoms with E-state index < -0.39 is 10.7 Å². The van der Waals surface area contributed by atoms with Gasteiger partial charge < -0.3 is 5.32 Å². The van der Waals surface area contributed by atoms with Gasteiger partial charge in [-0.1, -0.05) is 6.07 Å². The molecule has 0 spiro atoms.